The third kappa shape index (κ3) is 5.74. The highest BCUT2D eigenvalue weighted by Gasteiger charge is 2.32. The Bertz CT molecular complexity index is 772. The molecular weight excluding hydrogens is 389 g/mol. The number of rotatable bonds is 5. The number of carbonyl (C=O) groups excluding carboxylic acids is 2. The van der Waals surface area contributed by atoms with Crippen molar-refractivity contribution in [2.45, 2.75) is 32.2 Å². The Hall–Kier alpha value is -1.99. The van der Waals surface area contributed by atoms with E-state index in [2.05, 4.69) is 10.3 Å². The lowest BCUT2D eigenvalue weighted by atomic mass is 9.90. The molecule has 3 rings (SSSR count). The zero-order valence-corrected chi connectivity index (χ0v) is 16.7. The predicted molar refractivity (Wildman–Crippen MR) is 105 cm³/mol. The number of hydrogen-bond donors (Lipinski definition) is 1. The smallest absolute Gasteiger partial charge is 0.227 e. The van der Waals surface area contributed by atoms with E-state index >= 15 is 0 Å². The van der Waals surface area contributed by atoms with Crippen LogP contribution < -0.4 is 5.32 Å². The van der Waals surface area contributed by atoms with Crippen molar-refractivity contribution in [1.29, 1.82) is 0 Å². The molecule has 0 radical (unpaired) electrons. The molecular formula is C19H23ClFN3O2S. The molecule has 2 heterocycles. The summed E-state index contributed by atoms with van der Waals surface area (Å²) in [6.07, 6.45) is 3.71. The number of thiazole rings is 1. The van der Waals surface area contributed by atoms with E-state index in [1.54, 1.807) is 18.3 Å². The second-order valence-electron chi connectivity index (χ2n) is 6.60. The number of halogens is 2. The first-order valence-electron chi connectivity index (χ1n) is 8.71. The number of amides is 2. The molecule has 1 saturated heterocycles. The Kier molecular flexibility index (Phi) is 7.74. The van der Waals surface area contributed by atoms with Crippen molar-refractivity contribution in [2.24, 2.45) is 5.92 Å². The van der Waals surface area contributed by atoms with Gasteiger partial charge in [-0.3, -0.25) is 9.59 Å². The molecule has 1 aliphatic rings. The third-order valence-electron chi connectivity index (χ3n) is 4.60. The lowest BCUT2D eigenvalue weighted by Crippen LogP contribution is -2.45. The van der Waals surface area contributed by atoms with Gasteiger partial charge in [0.25, 0.3) is 0 Å². The largest absolute Gasteiger partial charge is 0.347 e. The van der Waals surface area contributed by atoms with Crippen LogP contribution in [0.25, 0.3) is 0 Å². The molecule has 0 aliphatic carbocycles. The van der Waals surface area contributed by atoms with Gasteiger partial charge in [-0.15, -0.1) is 23.7 Å². The molecule has 2 aromatic rings. The van der Waals surface area contributed by atoms with Crippen LogP contribution in [-0.2, 0) is 16.0 Å². The highest BCUT2D eigenvalue weighted by atomic mass is 35.5. The zero-order valence-electron chi connectivity index (χ0n) is 15.1. The van der Waals surface area contributed by atoms with Crippen LogP contribution in [0.4, 0.5) is 4.39 Å². The van der Waals surface area contributed by atoms with Crippen molar-refractivity contribution in [3.05, 3.63) is 52.2 Å². The van der Waals surface area contributed by atoms with Crippen LogP contribution in [-0.4, -0.2) is 34.8 Å². The van der Waals surface area contributed by atoms with Gasteiger partial charge in [0.05, 0.1) is 12.5 Å². The fraction of sp³-hybridized carbons (Fsp3) is 0.421. The van der Waals surface area contributed by atoms with Crippen molar-refractivity contribution in [3.63, 3.8) is 0 Å². The molecule has 1 fully saturated rings. The molecule has 5 nitrogen and oxygen atoms in total. The quantitative estimate of drug-likeness (QED) is 0.820. The maximum atomic E-state index is 13.3. The van der Waals surface area contributed by atoms with E-state index in [1.807, 2.05) is 10.3 Å². The van der Waals surface area contributed by atoms with Gasteiger partial charge < -0.3 is 10.2 Å². The van der Waals surface area contributed by atoms with E-state index < -0.39 is 0 Å². The van der Waals surface area contributed by atoms with E-state index in [0.29, 0.717) is 18.7 Å². The van der Waals surface area contributed by atoms with Crippen LogP contribution in [0.2, 0.25) is 0 Å². The van der Waals surface area contributed by atoms with Gasteiger partial charge in [0.2, 0.25) is 11.8 Å². The van der Waals surface area contributed by atoms with E-state index in [4.69, 9.17) is 0 Å². The first kappa shape index (κ1) is 21.3. The number of nitrogens with one attached hydrogen (secondary N) is 1. The van der Waals surface area contributed by atoms with Gasteiger partial charge in [0.15, 0.2) is 0 Å². The summed E-state index contributed by atoms with van der Waals surface area (Å²) >= 11 is 1.51. The summed E-state index contributed by atoms with van der Waals surface area (Å²) in [5.74, 6) is -0.328. The second kappa shape index (κ2) is 9.80. The van der Waals surface area contributed by atoms with Crippen LogP contribution in [0.1, 0.15) is 36.4 Å². The number of hydrogen-bond acceptors (Lipinski definition) is 4. The summed E-state index contributed by atoms with van der Waals surface area (Å²) in [4.78, 5) is 30.5. The summed E-state index contributed by atoms with van der Waals surface area (Å²) in [6, 6.07) is 5.97. The highest BCUT2D eigenvalue weighted by Crippen LogP contribution is 2.31. The first-order chi connectivity index (χ1) is 12.5. The molecule has 2 unspecified atom stereocenters. The molecule has 0 saturated carbocycles. The Balaban J connectivity index is 0.00000261. The minimum atomic E-state index is -0.332. The van der Waals surface area contributed by atoms with Crippen molar-refractivity contribution >= 4 is 35.6 Å². The molecule has 27 heavy (non-hydrogen) atoms. The van der Waals surface area contributed by atoms with Gasteiger partial charge >= 0.3 is 0 Å². The van der Waals surface area contributed by atoms with Crippen molar-refractivity contribution < 1.29 is 14.0 Å². The number of carbonyl (C=O) groups is 2. The fourth-order valence-corrected chi connectivity index (χ4v) is 4.21. The summed E-state index contributed by atoms with van der Waals surface area (Å²) in [5, 5.41) is 5.74. The Morgan fingerprint density at radius 1 is 1.44 bits per heavy atom. The van der Waals surface area contributed by atoms with Gasteiger partial charge in [-0.2, -0.15) is 0 Å². The highest BCUT2D eigenvalue weighted by molar-refractivity contribution is 7.09. The Morgan fingerprint density at radius 3 is 2.93 bits per heavy atom. The van der Waals surface area contributed by atoms with E-state index in [0.717, 1.165) is 17.8 Å². The summed E-state index contributed by atoms with van der Waals surface area (Å²) in [6.45, 7) is 2.75. The predicted octanol–water partition coefficient (Wildman–Crippen LogP) is 3.36. The number of nitrogens with zero attached hydrogens (tertiary/aromatic N) is 2. The lowest BCUT2D eigenvalue weighted by Gasteiger charge is -2.36. The topological polar surface area (TPSA) is 62.3 Å². The first-order valence-corrected chi connectivity index (χ1v) is 9.59. The van der Waals surface area contributed by atoms with Crippen LogP contribution in [0.3, 0.4) is 0 Å². The second-order valence-corrected chi connectivity index (χ2v) is 7.52. The molecule has 146 valence electrons. The third-order valence-corrected chi connectivity index (χ3v) is 5.46. The monoisotopic (exact) mass is 411 g/mol. The molecule has 1 aromatic heterocycles. The fourth-order valence-electron chi connectivity index (χ4n) is 3.43. The summed E-state index contributed by atoms with van der Waals surface area (Å²) in [7, 11) is 0. The lowest BCUT2D eigenvalue weighted by molar-refractivity contribution is -0.132. The van der Waals surface area contributed by atoms with Crippen molar-refractivity contribution in [3.8, 4) is 0 Å². The Morgan fingerprint density at radius 2 is 2.26 bits per heavy atom. The molecule has 2 amide bonds. The van der Waals surface area contributed by atoms with Gasteiger partial charge in [-0.25, -0.2) is 9.37 Å². The standard InChI is InChI=1S/C19H22FN3O2S.ClH/c1-13(24)22-18(19-21-7-9-26-19)15-5-3-8-23(12-15)17(25)11-14-4-2-6-16(20)10-14;/h2,4,6-7,9-10,15,18H,3,5,8,11-12H2,1H3,(H,22,24);1H. The molecule has 2 atom stereocenters. The molecule has 8 heteroatoms. The summed E-state index contributed by atoms with van der Waals surface area (Å²) in [5.41, 5.74) is 0.676. The maximum absolute atomic E-state index is 13.3. The van der Waals surface area contributed by atoms with Gasteiger partial charge in [0, 0.05) is 37.5 Å². The van der Waals surface area contributed by atoms with Crippen LogP contribution in [0.15, 0.2) is 35.8 Å². The van der Waals surface area contributed by atoms with Gasteiger partial charge in [-0.1, -0.05) is 12.1 Å². The number of piperidine rings is 1. The normalized spacial score (nSPS) is 17.7. The average Bonchev–Trinajstić information content (AvgIpc) is 3.14. The average molecular weight is 412 g/mol. The van der Waals surface area contributed by atoms with Crippen LogP contribution in [0, 0.1) is 11.7 Å². The summed E-state index contributed by atoms with van der Waals surface area (Å²) < 4.78 is 13.3. The van der Waals surface area contributed by atoms with Gasteiger partial charge in [-0.05, 0) is 30.5 Å². The van der Waals surface area contributed by atoms with Crippen molar-refractivity contribution in [2.75, 3.05) is 13.1 Å². The zero-order chi connectivity index (χ0) is 18.5. The molecule has 0 bridgehead atoms. The van der Waals surface area contributed by atoms with E-state index in [1.165, 1.54) is 30.4 Å². The van der Waals surface area contributed by atoms with E-state index in [9.17, 15) is 14.0 Å². The number of benzene rings is 1. The molecule has 0 spiro atoms. The SMILES string of the molecule is CC(=O)NC(c1nccs1)C1CCCN(C(=O)Cc2cccc(F)c2)C1.Cl. The Labute approximate surface area is 168 Å². The van der Waals surface area contributed by atoms with Gasteiger partial charge in [0.1, 0.15) is 10.8 Å². The molecule has 1 N–H and O–H groups in total. The van der Waals surface area contributed by atoms with Crippen LogP contribution in [0.5, 0.6) is 0 Å². The number of aromatic nitrogens is 1. The van der Waals surface area contributed by atoms with Crippen molar-refractivity contribution in [1.82, 2.24) is 15.2 Å². The van der Waals surface area contributed by atoms with Crippen LogP contribution >= 0.6 is 23.7 Å². The maximum Gasteiger partial charge on any atom is 0.227 e. The molecule has 1 aromatic carbocycles. The van der Waals surface area contributed by atoms with E-state index in [-0.39, 0.29) is 48.4 Å². The minimum absolute atomic E-state index is 0. The molecule has 1 aliphatic heterocycles. The number of likely N-dealkylation sites (tertiary alicyclic amines) is 1. The minimum Gasteiger partial charge on any atom is -0.347 e.